The molecule has 1 aliphatic heterocycles. The minimum atomic E-state index is 0.114. The summed E-state index contributed by atoms with van der Waals surface area (Å²) < 4.78 is 1.87. The smallest absolute Gasteiger partial charge is 0.243 e. The van der Waals surface area contributed by atoms with Gasteiger partial charge in [0.05, 0.1) is 12.1 Å². The van der Waals surface area contributed by atoms with Crippen LogP contribution < -0.4 is 5.32 Å². The highest BCUT2D eigenvalue weighted by Crippen LogP contribution is 2.38. The number of halogens is 1. The number of aromatic nitrogens is 4. The van der Waals surface area contributed by atoms with Gasteiger partial charge in [0.15, 0.2) is 0 Å². The third-order valence-corrected chi connectivity index (χ3v) is 4.62. The number of nitrogens with one attached hydrogen (secondary N) is 1. The van der Waals surface area contributed by atoms with Crippen LogP contribution >= 0.6 is 11.6 Å². The van der Waals surface area contributed by atoms with Gasteiger partial charge in [-0.15, -0.1) is 0 Å². The largest absolute Gasteiger partial charge is 0.346 e. The van der Waals surface area contributed by atoms with E-state index in [2.05, 4.69) is 52.0 Å². The fourth-order valence-electron chi connectivity index (χ4n) is 3.17. The van der Waals surface area contributed by atoms with Crippen LogP contribution in [-0.4, -0.2) is 20.2 Å². The minimum absolute atomic E-state index is 0.114. The molecule has 23 heavy (non-hydrogen) atoms. The molecule has 3 aromatic rings. The van der Waals surface area contributed by atoms with Gasteiger partial charge >= 0.3 is 0 Å². The van der Waals surface area contributed by atoms with Crippen LogP contribution in [0, 0.1) is 6.92 Å². The van der Waals surface area contributed by atoms with Gasteiger partial charge in [0, 0.05) is 5.02 Å². The fourth-order valence-corrected chi connectivity index (χ4v) is 3.30. The highest BCUT2D eigenvalue weighted by Gasteiger charge is 2.31. The van der Waals surface area contributed by atoms with Gasteiger partial charge in [0.1, 0.15) is 0 Å². The Balaban J connectivity index is 1.75. The van der Waals surface area contributed by atoms with Crippen LogP contribution in [-0.2, 0) is 0 Å². The molecule has 0 bridgehead atoms. The molecule has 0 amide bonds. The summed E-state index contributed by atoms with van der Waals surface area (Å²) in [5.74, 6) is 0.699. The van der Waals surface area contributed by atoms with E-state index in [1.54, 1.807) is 0 Å². The van der Waals surface area contributed by atoms with Crippen molar-refractivity contribution in [3.05, 3.63) is 70.2 Å². The molecule has 0 unspecified atom stereocenters. The molecule has 0 saturated carbocycles. The van der Waals surface area contributed by atoms with E-state index in [-0.39, 0.29) is 12.1 Å². The van der Waals surface area contributed by atoms with Crippen LogP contribution in [0.25, 0.3) is 0 Å². The summed E-state index contributed by atoms with van der Waals surface area (Å²) in [5, 5.41) is 16.3. The average molecular weight is 326 g/mol. The number of fused-ring (bicyclic) bond motifs is 1. The SMILES string of the molecule is Cc1ccccc1[C@@H]1C[C@@H](c2ccc(Cl)cc2)Nc2nnnn21. The van der Waals surface area contributed by atoms with Crippen molar-refractivity contribution in [1.29, 1.82) is 0 Å². The summed E-state index contributed by atoms with van der Waals surface area (Å²) in [5.41, 5.74) is 3.68. The van der Waals surface area contributed by atoms with Gasteiger partial charge in [0.25, 0.3) is 0 Å². The van der Waals surface area contributed by atoms with Crippen molar-refractivity contribution in [2.45, 2.75) is 25.4 Å². The summed E-state index contributed by atoms with van der Waals surface area (Å²) >= 11 is 6.00. The van der Waals surface area contributed by atoms with Gasteiger partial charge in [-0.3, -0.25) is 0 Å². The van der Waals surface area contributed by atoms with Crippen LogP contribution in [0.5, 0.6) is 0 Å². The third kappa shape index (κ3) is 2.57. The van der Waals surface area contributed by atoms with E-state index in [9.17, 15) is 0 Å². The first-order valence-corrected chi connectivity index (χ1v) is 7.95. The lowest BCUT2D eigenvalue weighted by Crippen LogP contribution is -2.28. The number of hydrogen-bond donors (Lipinski definition) is 1. The summed E-state index contributed by atoms with van der Waals surface area (Å²) in [6.07, 6.45) is 0.879. The molecule has 116 valence electrons. The Labute approximate surface area is 139 Å². The molecule has 2 aromatic carbocycles. The Morgan fingerprint density at radius 1 is 1.13 bits per heavy atom. The molecule has 0 aliphatic carbocycles. The van der Waals surface area contributed by atoms with E-state index in [4.69, 9.17) is 11.6 Å². The first-order valence-electron chi connectivity index (χ1n) is 7.58. The summed E-state index contributed by atoms with van der Waals surface area (Å²) in [4.78, 5) is 0. The van der Waals surface area contributed by atoms with Crippen molar-refractivity contribution in [3.63, 3.8) is 0 Å². The van der Waals surface area contributed by atoms with E-state index in [1.165, 1.54) is 16.7 Å². The topological polar surface area (TPSA) is 55.6 Å². The summed E-state index contributed by atoms with van der Waals surface area (Å²) in [6.45, 7) is 2.12. The fraction of sp³-hybridized carbons (Fsp3) is 0.235. The number of nitrogens with zero attached hydrogens (tertiary/aromatic N) is 4. The second-order valence-corrected chi connectivity index (χ2v) is 6.24. The number of aryl methyl sites for hydroxylation is 1. The monoisotopic (exact) mass is 325 g/mol. The third-order valence-electron chi connectivity index (χ3n) is 4.37. The van der Waals surface area contributed by atoms with Gasteiger partial charge in [-0.1, -0.05) is 53.1 Å². The molecule has 0 fully saturated rings. The summed E-state index contributed by atoms with van der Waals surface area (Å²) in [7, 11) is 0. The van der Waals surface area contributed by atoms with Crippen LogP contribution in [0.4, 0.5) is 5.95 Å². The molecule has 2 heterocycles. The predicted molar refractivity (Wildman–Crippen MR) is 89.6 cm³/mol. The van der Waals surface area contributed by atoms with Crippen molar-refractivity contribution in [2.75, 3.05) is 5.32 Å². The molecule has 4 rings (SSSR count). The van der Waals surface area contributed by atoms with Gasteiger partial charge < -0.3 is 5.32 Å². The highest BCUT2D eigenvalue weighted by molar-refractivity contribution is 6.30. The normalized spacial score (nSPS) is 19.9. The van der Waals surface area contributed by atoms with E-state index < -0.39 is 0 Å². The second kappa shape index (κ2) is 5.66. The first-order chi connectivity index (χ1) is 11.2. The van der Waals surface area contributed by atoms with Crippen molar-refractivity contribution >= 4 is 17.5 Å². The Morgan fingerprint density at radius 3 is 2.70 bits per heavy atom. The van der Waals surface area contributed by atoms with E-state index in [0.717, 1.165) is 11.4 Å². The van der Waals surface area contributed by atoms with Crippen molar-refractivity contribution in [1.82, 2.24) is 20.2 Å². The maximum absolute atomic E-state index is 6.00. The van der Waals surface area contributed by atoms with Crippen molar-refractivity contribution < 1.29 is 0 Å². The first kappa shape index (κ1) is 14.2. The van der Waals surface area contributed by atoms with Crippen LogP contribution in [0.15, 0.2) is 48.5 Å². The van der Waals surface area contributed by atoms with Crippen molar-refractivity contribution in [3.8, 4) is 0 Å². The quantitative estimate of drug-likeness (QED) is 0.779. The lowest BCUT2D eigenvalue weighted by molar-refractivity contribution is 0.422. The van der Waals surface area contributed by atoms with Gasteiger partial charge in [0.2, 0.25) is 5.95 Å². The Hall–Kier alpha value is -2.40. The lowest BCUT2D eigenvalue weighted by Gasteiger charge is -2.31. The molecule has 0 spiro atoms. The second-order valence-electron chi connectivity index (χ2n) is 5.80. The number of tetrazole rings is 1. The van der Waals surface area contributed by atoms with E-state index >= 15 is 0 Å². The molecule has 0 saturated heterocycles. The Morgan fingerprint density at radius 2 is 1.91 bits per heavy atom. The number of rotatable bonds is 2. The van der Waals surface area contributed by atoms with Gasteiger partial charge in [-0.05, 0) is 52.6 Å². The molecule has 0 radical (unpaired) electrons. The lowest BCUT2D eigenvalue weighted by atomic mass is 9.91. The minimum Gasteiger partial charge on any atom is -0.346 e. The molecule has 1 N–H and O–H groups in total. The van der Waals surface area contributed by atoms with Crippen LogP contribution in [0.3, 0.4) is 0 Å². The van der Waals surface area contributed by atoms with Gasteiger partial charge in [-0.2, -0.15) is 0 Å². The van der Waals surface area contributed by atoms with E-state index in [0.29, 0.717) is 5.95 Å². The molecular weight excluding hydrogens is 310 g/mol. The summed E-state index contributed by atoms with van der Waals surface area (Å²) in [6, 6.07) is 16.6. The molecule has 1 aromatic heterocycles. The van der Waals surface area contributed by atoms with Crippen LogP contribution in [0.1, 0.15) is 35.2 Å². The van der Waals surface area contributed by atoms with E-state index in [1.807, 2.05) is 28.9 Å². The van der Waals surface area contributed by atoms with Crippen molar-refractivity contribution in [2.24, 2.45) is 0 Å². The molecule has 5 nitrogen and oxygen atoms in total. The molecule has 2 atom stereocenters. The number of hydrogen-bond acceptors (Lipinski definition) is 4. The Kier molecular flexibility index (Phi) is 3.50. The number of anilines is 1. The zero-order valence-electron chi connectivity index (χ0n) is 12.6. The predicted octanol–water partition coefficient (Wildman–Crippen LogP) is 3.78. The van der Waals surface area contributed by atoms with Gasteiger partial charge in [-0.25, -0.2) is 4.68 Å². The Bertz CT molecular complexity index is 827. The standard InChI is InChI=1S/C17H16ClN5/c1-11-4-2-3-5-14(11)16-10-15(12-6-8-13(18)9-7-12)19-17-20-21-22-23(16)17/h2-9,15-16H,10H2,1H3,(H,19,20,22)/t15-,16-/m0/s1. The molecule has 1 aliphatic rings. The molecule has 6 heteroatoms. The molecular formula is C17H16ClN5. The highest BCUT2D eigenvalue weighted by atomic mass is 35.5. The average Bonchev–Trinajstić information content (AvgIpc) is 3.04. The maximum atomic E-state index is 6.00. The zero-order valence-corrected chi connectivity index (χ0v) is 13.4. The number of benzene rings is 2. The maximum Gasteiger partial charge on any atom is 0.243 e. The van der Waals surface area contributed by atoms with Crippen LogP contribution in [0.2, 0.25) is 5.02 Å². The zero-order chi connectivity index (χ0) is 15.8.